The molecule has 1 heterocycles. The van der Waals surface area contributed by atoms with E-state index in [-0.39, 0.29) is 41.0 Å². The summed E-state index contributed by atoms with van der Waals surface area (Å²) in [7, 11) is 0. The maximum atomic E-state index is 14.3. The van der Waals surface area contributed by atoms with Gasteiger partial charge in [-0.3, -0.25) is 9.59 Å². The normalized spacial score (nSPS) is 16.1. The third kappa shape index (κ3) is 5.52. The summed E-state index contributed by atoms with van der Waals surface area (Å²) in [6.07, 6.45) is 2.09. The summed E-state index contributed by atoms with van der Waals surface area (Å²) in [6.45, 7) is 2.56. The first-order chi connectivity index (χ1) is 14.3. The van der Waals surface area contributed by atoms with Crippen molar-refractivity contribution in [2.75, 3.05) is 13.1 Å². The minimum Gasteiger partial charge on any atom is -0.507 e. The molecule has 31 heavy (non-hydrogen) atoms. The summed E-state index contributed by atoms with van der Waals surface area (Å²) in [5, 5.41) is 12.8. The quantitative estimate of drug-likeness (QED) is 0.622. The lowest BCUT2D eigenvalue weighted by Gasteiger charge is -2.18. The molecule has 1 aliphatic rings. The molecule has 2 aromatic carbocycles. The van der Waals surface area contributed by atoms with Gasteiger partial charge in [0, 0.05) is 30.3 Å². The molecular weight excluding hydrogens is 425 g/mol. The summed E-state index contributed by atoms with van der Waals surface area (Å²) in [5.41, 5.74) is 5.71. The summed E-state index contributed by atoms with van der Waals surface area (Å²) in [4.78, 5) is 38.0. The molecule has 0 unspecified atom stereocenters. The van der Waals surface area contributed by atoms with E-state index < -0.39 is 23.4 Å². The molecule has 1 fully saturated rings. The van der Waals surface area contributed by atoms with E-state index in [0.717, 1.165) is 12.8 Å². The van der Waals surface area contributed by atoms with E-state index in [4.69, 9.17) is 5.73 Å². The van der Waals surface area contributed by atoms with Gasteiger partial charge >= 0.3 is 6.03 Å². The van der Waals surface area contributed by atoms with Crippen LogP contribution < -0.4 is 11.1 Å². The number of hydrogen-bond donors (Lipinski definition) is 3. The molecule has 1 aliphatic heterocycles. The number of likely N-dealkylation sites (tertiary alicyclic amines) is 1. The van der Waals surface area contributed by atoms with Crippen molar-refractivity contribution in [3.05, 3.63) is 64.5 Å². The zero-order chi connectivity index (χ0) is 21.8. The first-order valence-corrected chi connectivity index (χ1v) is 9.76. The molecule has 1 atom stereocenters. The van der Waals surface area contributed by atoms with E-state index in [2.05, 4.69) is 5.32 Å². The molecule has 9 heteroatoms. The minimum atomic E-state index is -0.764. The molecule has 0 aliphatic carbocycles. The molecule has 2 aromatic rings. The number of nitrogens with one attached hydrogen (secondary N) is 1. The lowest BCUT2D eigenvalue weighted by atomic mass is 9.98. The number of aryl methyl sites for hydroxylation is 1. The molecule has 1 saturated heterocycles. The molecule has 0 radical (unpaired) electrons. The van der Waals surface area contributed by atoms with Crippen LogP contribution in [0.3, 0.4) is 0 Å². The van der Waals surface area contributed by atoms with Crippen LogP contribution in [0.2, 0.25) is 0 Å². The number of hydrogen-bond acceptors (Lipinski definition) is 4. The Morgan fingerprint density at radius 2 is 1.71 bits per heavy atom. The fraction of sp³-hybridized carbons (Fsp3) is 0.318. The van der Waals surface area contributed by atoms with Crippen LogP contribution in [-0.4, -0.2) is 46.9 Å². The van der Waals surface area contributed by atoms with Crippen molar-refractivity contribution in [1.29, 1.82) is 0 Å². The Hall–Kier alpha value is -3.13. The van der Waals surface area contributed by atoms with Gasteiger partial charge in [-0.25, -0.2) is 9.18 Å². The van der Waals surface area contributed by atoms with Crippen LogP contribution >= 0.6 is 12.4 Å². The SMILES string of the molecule is Cc1ccc(O)c(C(=O)c2ccc(C(=O)N[C@H]3CCCN(C(N)=O)CC3)cc2)c1F.Cl. The van der Waals surface area contributed by atoms with Gasteiger partial charge in [0.2, 0.25) is 0 Å². The number of carbonyl (C=O) groups excluding carboxylic acids is 3. The smallest absolute Gasteiger partial charge is 0.314 e. The van der Waals surface area contributed by atoms with Crippen LogP contribution in [0.25, 0.3) is 0 Å². The second-order valence-corrected chi connectivity index (χ2v) is 7.42. The Labute approximate surface area is 185 Å². The van der Waals surface area contributed by atoms with Crippen LogP contribution in [0, 0.1) is 12.7 Å². The van der Waals surface area contributed by atoms with Gasteiger partial charge in [0.1, 0.15) is 17.1 Å². The number of phenols is 1. The van der Waals surface area contributed by atoms with Gasteiger partial charge < -0.3 is 21.1 Å². The zero-order valence-corrected chi connectivity index (χ0v) is 17.9. The Balaban J connectivity index is 0.00000341. The topological polar surface area (TPSA) is 113 Å². The number of carbonyl (C=O) groups is 3. The van der Waals surface area contributed by atoms with Crippen molar-refractivity contribution in [2.45, 2.75) is 32.2 Å². The molecule has 3 amide bonds. The van der Waals surface area contributed by atoms with Crippen LogP contribution in [0.1, 0.15) is 51.1 Å². The summed E-state index contributed by atoms with van der Waals surface area (Å²) < 4.78 is 14.3. The number of urea groups is 1. The van der Waals surface area contributed by atoms with Gasteiger partial charge in [-0.15, -0.1) is 12.4 Å². The summed E-state index contributed by atoms with van der Waals surface area (Å²) in [5.74, 6) is -2.14. The average Bonchev–Trinajstić information content (AvgIpc) is 2.97. The van der Waals surface area contributed by atoms with Crippen molar-refractivity contribution < 1.29 is 23.9 Å². The van der Waals surface area contributed by atoms with E-state index in [0.29, 0.717) is 25.1 Å². The highest BCUT2D eigenvalue weighted by Gasteiger charge is 2.22. The lowest BCUT2D eigenvalue weighted by molar-refractivity contribution is 0.0932. The number of amides is 3. The molecule has 4 N–H and O–H groups in total. The van der Waals surface area contributed by atoms with Crippen LogP contribution in [-0.2, 0) is 0 Å². The van der Waals surface area contributed by atoms with Crippen molar-refractivity contribution in [1.82, 2.24) is 10.2 Å². The van der Waals surface area contributed by atoms with Crippen LogP contribution in [0.5, 0.6) is 5.75 Å². The Morgan fingerprint density at radius 1 is 1.06 bits per heavy atom. The van der Waals surface area contributed by atoms with Crippen LogP contribution in [0.15, 0.2) is 36.4 Å². The van der Waals surface area contributed by atoms with Crippen molar-refractivity contribution >= 4 is 30.1 Å². The molecular formula is C22H25ClFN3O4. The summed E-state index contributed by atoms with van der Waals surface area (Å²) >= 11 is 0. The number of benzene rings is 2. The van der Waals surface area contributed by atoms with E-state index in [1.807, 2.05) is 0 Å². The number of ketones is 1. The standard InChI is InChI=1S/C22H24FN3O4.ClH/c1-13-4-9-17(27)18(19(13)23)20(28)14-5-7-15(8-6-14)21(29)25-16-3-2-11-26(12-10-16)22(24)30;/h4-9,16,27H,2-3,10-12H2,1H3,(H2,24,30)(H,25,29);1H/t16-;/m0./s1. The number of aromatic hydroxyl groups is 1. The predicted octanol–water partition coefficient (Wildman–Crippen LogP) is 3.16. The van der Waals surface area contributed by atoms with Gasteiger partial charge in [0.05, 0.1) is 0 Å². The maximum absolute atomic E-state index is 14.3. The number of nitrogens with two attached hydrogens (primary N) is 1. The molecule has 0 spiro atoms. The molecule has 0 saturated carbocycles. The molecule has 166 valence electrons. The number of rotatable bonds is 4. The van der Waals surface area contributed by atoms with Gasteiger partial charge in [-0.1, -0.05) is 18.2 Å². The first-order valence-electron chi connectivity index (χ1n) is 9.76. The largest absolute Gasteiger partial charge is 0.507 e. The number of primary amides is 1. The predicted molar refractivity (Wildman–Crippen MR) is 116 cm³/mol. The molecule has 3 rings (SSSR count). The highest BCUT2D eigenvalue weighted by Crippen LogP contribution is 2.26. The Kier molecular flexibility index (Phi) is 7.99. The average molecular weight is 450 g/mol. The maximum Gasteiger partial charge on any atom is 0.314 e. The highest BCUT2D eigenvalue weighted by molar-refractivity contribution is 6.11. The third-order valence-electron chi connectivity index (χ3n) is 5.32. The summed E-state index contributed by atoms with van der Waals surface area (Å²) in [6, 6.07) is 7.96. The Morgan fingerprint density at radius 3 is 2.35 bits per heavy atom. The first kappa shape index (κ1) is 24.1. The number of phenolic OH excluding ortho intramolecular Hbond substituents is 1. The monoisotopic (exact) mass is 449 g/mol. The number of halogens is 2. The molecule has 0 aromatic heterocycles. The van der Waals surface area contributed by atoms with Crippen molar-refractivity contribution in [3.63, 3.8) is 0 Å². The third-order valence-corrected chi connectivity index (χ3v) is 5.32. The minimum absolute atomic E-state index is 0. The van der Waals surface area contributed by atoms with E-state index in [9.17, 15) is 23.9 Å². The second kappa shape index (κ2) is 10.3. The highest BCUT2D eigenvalue weighted by atomic mass is 35.5. The van der Waals surface area contributed by atoms with Gasteiger partial charge in [-0.05, 0) is 49.9 Å². The van der Waals surface area contributed by atoms with Gasteiger partial charge in [0.15, 0.2) is 5.78 Å². The van der Waals surface area contributed by atoms with Gasteiger partial charge in [-0.2, -0.15) is 0 Å². The van der Waals surface area contributed by atoms with Crippen molar-refractivity contribution in [3.8, 4) is 5.75 Å². The van der Waals surface area contributed by atoms with Crippen molar-refractivity contribution in [2.24, 2.45) is 5.73 Å². The second-order valence-electron chi connectivity index (χ2n) is 7.42. The fourth-order valence-electron chi connectivity index (χ4n) is 3.53. The van der Waals surface area contributed by atoms with Crippen LogP contribution in [0.4, 0.5) is 9.18 Å². The van der Waals surface area contributed by atoms with E-state index >= 15 is 0 Å². The molecule has 0 bridgehead atoms. The van der Waals surface area contributed by atoms with E-state index in [1.54, 1.807) is 4.90 Å². The zero-order valence-electron chi connectivity index (χ0n) is 17.1. The molecule has 7 nitrogen and oxygen atoms in total. The van der Waals surface area contributed by atoms with Gasteiger partial charge in [0.25, 0.3) is 5.91 Å². The lowest BCUT2D eigenvalue weighted by Crippen LogP contribution is -2.38. The number of nitrogens with zero attached hydrogens (tertiary/aromatic N) is 1. The van der Waals surface area contributed by atoms with E-state index in [1.165, 1.54) is 43.3 Å². The fourth-order valence-corrected chi connectivity index (χ4v) is 3.53. The Bertz CT molecular complexity index is 981.